The predicted octanol–water partition coefficient (Wildman–Crippen LogP) is 5.64. The maximum Gasteiger partial charge on any atom is 0.405 e. The third-order valence-corrected chi connectivity index (χ3v) is 5.34. The molecular weight excluding hydrogens is 338 g/mol. The molecule has 0 saturated heterocycles. The van der Waals surface area contributed by atoms with Crippen LogP contribution in [0.15, 0.2) is 42.5 Å². The van der Waals surface area contributed by atoms with Crippen molar-refractivity contribution in [2.45, 2.75) is 52.6 Å². The summed E-state index contributed by atoms with van der Waals surface area (Å²) in [5, 5.41) is 0. The van der Waals surface area contributed by atoms with Crippen molar-refractivity contribution in [3.05, 3.63) is 53.6 Å². The van der Waals surface area contributed by atoms with Gasteiger partial charge in [0.15, 0.2) is 0 Å². The first-order valence-corrected chi connectivity index (χ1v) is 9.73. The zero-order valence-corrected chi connectivity index (χ0v) is 16.5. The van der Waals surface area contributed by atoms with E-state index in [0.29, 0.717) is 0 Å². The van der Waals surface area contributed by atoms with Gasteiger partial charge in [-0.3, -0.25) is 0 Å². The summed E-state index contributed by atoms with van der Waals surface area (Å²) in [6.45, 7) is 7.14. The highest BCUT2D eigenvalue weighted by atomic mass is 16.6. The molecule has 0 saturated carbocycles. The standard InChI is InChI=1S/C23H29NO3/c1-4-5-13-26-19-8-6-7-16(15-19)17-9-10-20-18(14-17)11-12-23(2,3)21(20)27-22(24)25/h6-10,14-15,21H,4-5,11-13H2,1-3H3,(H2,24,25)/t21-/m0/s1. The highest BCUT2D eigenvalue weighted by Gasteiger charge is 2.38. The largest absolute Gasteiger partial charge is 0.494 e. The minimum absolute atomic E-state index is 0.128. The lowest BCUT2D eigenvalue weighted by Crippen LogP contribution is -2.33. The summed E-state index contributed by atoms with van der Waals surface area (Å²) < 4.78 is 11.3. The van der Waals surface area contributed by atoms with Crippen LogP contribution >= 0.6 is 0 Å². The van der Waals surface area contributed by atoms with Crippen molar-refractivity contribution in [3.63, 3.8) is 0 Å². The van der Waals surface area contributed by atoms with Gasteiger partial charge < -0.3 is 15.2 Å². The molecule has 2 aromatic carbocycles. The molecule has 0 aliphatic heterocycles. The quantitative estimate of drug-likeness (QED) is 0.672. The average molecular weight is 367 g/mol. The number of hydrogen-bond acceptors (Lipinski definition) is 3. The van der Waals surface area contributed by atoms with E-state index < -0.39 is 6.09 Å². The van der Waals surface area contributed by atoms with E-state index >= 15 is 0 Å². The lowest BCUT2D eigenvalue weighted by molar-refractivity contribution is 0.0147. The molecule has 0 spiro atoms. The smallest absolute Gasteiger partial charge is 0.405 e. The number of aryl methyl sites for hydroxylation is 1. The van der Waals surface area contributed by atoms with E-state index in [2.05, 4.69) is 51.1 Å². The fourth-order valence-corrected chi connectivity index (χ4v) is 3.71. The summed E-state index contributed by atoms with van der Waals surface area (Å²) in [7, 11) is 0. The van der Waals surface area contributed by atoms with Gasteiger partial charge in [-0.15, -0.1) is 0 Å². The average Bonchev–Trinajstić information content (AvgIpc) is 2.64. The molecule has 0 unspecified atom stereocenters. The fourth-order valence-electron chi connectivity index (χ4n) is 3.71. The molecule has 0 heterocycles. The summed E-state index contributed by atoms with van der Waals surface area (Å²) in [6.07, 6.45) is 3.05. The number of unbranched alkanes of at least 4 members (excludes halogenated alkanes) is 1. The van der Waals surface area contributed by atoms with Crippen LogP contribution in [0.5, 0.6) is 5.75 Å². The Morgan fingerprint density at radius 3 is 2.70 bits per heavy atom. The predicted molar refractivity (Wildman–Crippen MR) is 108 cm³/mol. The van der Waals surface area contributed by atoms with Crippen LogP contribution in [0.25, 0.3) is 11.1 Å². The van der Waals surface area contributed by atoms with Gasteiger partial charge in [0, 0.05) is 5.41 Å². The van der Waals surface area contributed by atoms with Crippen molar-refractivity contribution in [1.29, 1.82) is 0 Å². The van der Waals surface area contributed by atoms with Gasteiger partial charge in [-0.2, -0.15) is 0 Å². The molecular formula is C23H29NO3. The van der Waals surface area contributed by atoms with Crippen molar-refractivity contribution in [2.24, 2.45) is 11.1 Å². The lowest BCUT2D eigenvalue weighted by Gasteiger charge is -2.39. The van der Waals surface area contributed by atoms with Crippen molar-refractivity contribution < 1.29 is 14.3 Å². The van der Waals surface area contributed by atoms with Crippen molar-refractivity contribution >= 4 is 6.09 Å². The van der Waals surface area contributed by atoms with Crippen LogP contribution in [-0.2, 0) is 11.2 Å². The van der Waals surface area contributed by atoms with E-state index in [-0.39, 0.29) is 11.5 Å². The number of hydrogen-bond donors (Lipinski definition) is 1. The molecule has 0 radical (unpaired) electrons. The number of primary amides is 1. The number of benzene rings is 2. The van der Waals surface area contributed by atoms with Crippen LogP contribution in [0.3, 0.4) is 0 Å². The number of carbonyl (C=O) groups excluding carboxylic acids is 1. The Morgan fingerprint density at radius 1 is 1.19 bits per heavy atom. The van der Waals surface area contributed by atoms with E-state index in [1.807, 2.05) is 12.1 Å². The van der Waals surface area contributed by atoms with E-state index in [1.165, 1.54) is 5.56 Å². The minimum Gasteiger partial charge on any atom is -0.494 e. The van der Waals surface area contributed by atoms with E-state index in [0.717, 1.165) is 54.7 Å². The Labute approximate surface area is 161 Å². The highest BCUT2D eigenvalue weighted by molar-refractivity contribution is 5.68. The van der Waals surface area contributed by atoms with Gasteiger partial charge in [0.1, 0.15) is 11.9 Å². The Bertz CT molecular complexity index is 813. The molecule has 0 bridgehead atoms. The van der Waals surface area contributed by atoms with Crippen LogP contribution in [0.4, 0.5) is 4.79 Å². The highest BCUT2D eigenvalue weighted by Crippen LogP contribution is 2.46. The second-order valence-corrected chi connectivity index (χ2v) is 7.95. The maximum absolute atomic E-state index is 11.4. The second-order valence-electron chi connectivity index (χ2n) is 7.95. The molecule has 4 heteroatoms. The van der Waals surface area contributed by atoms with Gasteiger partial charge >= 0.3 is 6.09 Å². The van der Waals surface area contributed by atoms with Crippen LogP contribution in [0.2, 0.25) is 0 Å². The molecule has 2 N–H and O–H groups in total. The van der Waals surface area contributed by atoms with Crippen molar-refractivity contribution in [3.8, 4) is 16.9 Å². The Kier molecular flexibility index (Phi) is 5.73. The number of ether oxygens (including phenoxy) is 2. The molecule has 1 aliphatic rings. The molecule has 1 amide bonds. The molecule has 0 fully saturated rings. The maximum atomic E-state index is 11.4. The normalized spacial score (nSPS) is 17.8. The van der Waals surface area contributed by atoms with Crippen molar-refractivity contribution in [1.82, 2.24) is 0 Å². The minimum atomic E-state index is -0.720. The lowest BCUT2D eigenvalue weighted by atomic mass is 9.71. The summed E-state index contributed by atoms with van der Waals surface area (Å²) >= 11 is 0. The first kappa shape index (κ1) is 19.3. The van der Waals surface area contributed by atoms with Gasteiger partial charge in [0.2, 0.25) is 0 Å². The first-order valence-electron chi connectivity index (χ1n) is 9.73. The summed E-state index contributed by atoms with van der Waals surface area (Å²) in [6, 6.07) is 14.6. The number of rotatable bonds is 6. The van der Waals surface area contributed by atoms with Crippen LogP contribution in [0, 0.1) is 5.41 Å². The van der Waals surface area contributed by atoms with Gasteiger partial charge in [-0.05, 0) is 53.6 Å². The topological polar surface area (TPSA) is 61.6 Å². The zero-order valence-electron chi connectivity index (χ0n) is 16.5. The van der Waals surface area contributed by atoms with E-state index in [1.54, 1.807) is 0 Å². The molecule has 27 heavy (non-hydrogen) atoms. The SMILES string of the molecule is CCCCOc1cccc(-c2ccc3c(c2)CCC(C)(C)[C@H]3OC(N)=O)c1. The van der Waals surface area contributed by atoms with Crippen LogP contribution < -0.4 is 10.5 Å². The van der Waals surface area contributed by atoms with Crippen LogP contribution in [-0.4, -0.2) is 12.7 Å². The summed E-state index contributed by atoms with van der Waals surface area (Å²) in [5.41, 5.74) is 9.74. The van der Waals surface area contributed by atoms with Gasteiger partial charge in [0.05, 0.1) is 6.61 Å². The molecule has 0 aromatic heterocycles. The zero-order chi connectivity index (χ0) is 19.4. The Hall–Kier alpha value is -2.49. The Morgan fingerprint density at radius 2 is 1.96 bits per heavy atom. The van der Waals surface area contributed by atoms with Gasteiger partial charge in [0.25, 0.3) is 0 Å². The summed E-state index contributed by atoms with van der Waals surface area (Å²) in [5.74, 6) is 0.898. The molecule has 2 aromatic rings. The first-order chi connectivity index (χ1) is 12.9. The number of fused-ring (bicyclic) bond motifs is 1. The van der Waals surface area contributed by atoms with E-state index in [9.17, 15) is 4.79 Å². The number of nitrogens with two attached hydrogens (primary N) is 1. The molecule has 1 aliphatic carbocycles. The fraction of sp³-hybridized carbons (Fsp3) is 0.435. The van der Waals surface area contributed by atoms with Gasteiger partial charge in [-0.1, -0.05) is 57.5 Å². The molecule has 3 rings (SSSR count). The summed E-state index contributed by atoms with van der Waals surface area (Å²) in [4.78, 5) is 11.4. The monoisotopic (exact) mass is 367 g/mol. The van der Waals surface area contributed by atoms with Crippen LogP contribution in [0.1, 0.15) is 57.3 Å². The van der Waals surface area contributed by atoms with Crippen molar-refractivity contribution in [2.75, 3.05) is 6.61 Å². The molecule has 4 nitrogen and oxygen atoms in total. The molecule has 144 valence electrons. The Balaban J connectivity index is 1.88. The van der Waals surface area contributed by atoms with E-state index in [4.69, 9.17) is 15.2 Å². The third kappa shape index (κ3) is 4.44. The third-order valence-electron chi connectivity index (χ3n) is 5.34. The second kappa shape index (κ2) is 8.03. The number of amides is 1. The number of carbonyl (C=O) groups is 1. The van der Waals surface area contributed by atoms with Gasteiger partial charge in [-0.25, -0.2) is 4.79 Å². The molecule has 1 atom stereocenters.